The van der Waals surface area contributed by atoms with Gasteiger partial charge in [0.2, 0.25) is 0 Å². The molecule has 3 nitrogen and oxygen atoms in total. The summed E-state index contributed by atoms with van der Waals surface area (Å²) in [7, 11) is 0. The van der Waals surface area contributed by atoms with Gasteiger partial charge in [-0.3, -0.25) is 0 Å². The third kappa shape index (κ3) is 2.79. The van der Waals surface area contributed by atoms with Crippen LogP contribution in [0, 0.1) is 0 Å². The third-order valence-corrected chi connectivity index (χ3v) is 4.12. The molecule has 1 fully saturated rings. The van der Waals surface area contributed by atoms with Crippen LogP contribution in [-0.4, -0.2) is 24.1 Å². The monoisotopic (exact) mass is 287 g/mol. The van der Waals surface area contributed by atoms with Crippen LogP contribution in [0.15, 0.2) is 42.6 Å². The fraction of sp³-hybridized carbons (Fsp3) is 0.312. The second-order valence-electron chi connectivity index (χ2n) is 5.21. The third-order valence-electron chi connectivity index (χ3n) is 3.79. The standard InChI is InChI=1S/C16H18ClN3/c17-15-4-2-1-3-14(15)12-5-8-19-16(11-12)20-9-6-13(18)7-10-20/h1-5,8,11,13H,6-7,9-10,18H2. The van der Waals surface area contributed by atoms with Crippen molar-refractivity contribution < 1.29 is 0 Å². The van der Waals surface area contributed by atoms with E-state index in [2.05, 4.69) is 16.0 Å². The molecule has 0 unspecified atom stereocenters. The van der Waals surface area contributed by atoms with Gasteiger partial charge < -0.3 is 10.6 Å². The summed E-state index contributed by atoms with van der Waals surface area (Å²) in [4.78, 5) is 6.78. The van der Waals surface area contributed by atoms with E-state index in [0.717, 1.165) is 47.9 Å². The van der Waals surface area contributed by atoms with Crippen LogP contribution in [0.25, 0.3) is 11.1 Å². The summed E-state index contributed by atoms with van der Waals surface area (Å²) in [6.07, 6.45) is 3.90. The summed E-state index contributed by atoms with van der Waals surface area (Å²) in [5.74, 6) is 1.01. The highest BCUT2D eigenvalue weighted by molar-refractivity contribution is 6.33. The molecule has 0 radical (unpaired) electrons. The van der Waals surface area contributed by atoms with Crippen molar-refractivity contribution in [2.45, 2.75) is 18.9 Å². The van der Waals surface area contributed by atoms with E-state index in [1.807, 2.05) is 36.5 Å². The molecule has 2 aromatic rings. The van der Waals surface area contributed by atoms with Crippen molar-refractivity contribution >= 4 is 17.4 Å². The Balaban J connectivity index is 1.88. The van der Waals surface area contributed by atoms with E-state index in [9.17, 15) is 0 Å². The molecule has 0 bridgehead atoms. The molecule has 1 saturated heterocycles. The molecule has 1 aromatic carbocycles. The predicted octanol–water partition coefficient (Wildman–Crippen LogP) is 3.33. The van der Waals surface area contributed by atoms with Gasteiger partial charge in [0, 0.05) is 35.9 Å². The van der Waals surface area contributed by atoms with Gasteiger partial charge in [0.1, 0.15) is 5.82 Å². The summed E-state index contributed by atoms with van der Waals surface area (Å²) in [6.45, 7) is 1.94. The Kier molecular flexibility index (Phi) is 3.90. The molecule has 1 aliphatic rings. The number of pyridine rings is 1. The number of halogens is 1. The SMILES string of the molecule is NC1CCN(c2cc(-c3ccccc3Cl)ccn2)CC1. The minimum Gasteiger partial charge on any atom is -0.356 e. The van der Waals surface area contributed by atoms with Crippen LogP contribution >= 0.6 is 11.6 Å². The first-order valence-electron chi connectivity index (χ1n) is 6.95. The lowest BCUT2D eigenvalue weighted by atomic mass is 10.0. The van der Waals surface area contributed by atoms with Crippen LogP contribution in [0.1, 0.15) is 12.8 Å². The zero-order valence-corrected chi connectivity index (χ0v) is 12.1. The fourth-order valence-electron chi connectivity index (χ4n) is 2.58. The molecule has 0 aliphatic carbocycles. The first-order valence-corrected chi connectivity index (χ1v) is 7.33. The highest BCUT2D eigenvalue weighted by atomic mass is 35.5. The van der Waals surface area contributed by atoms with Crippen molar-refractivity contribution in [1.82, 2.24) is 4.98 Å². The van der Waals surface area contributed by atoms with Crippen molar-refractivity contribution in [3.05, 3.63) is 47.6 Å². The Hall–Kier alpha value is -1.58. The second-order valence-corrected chi connectivity index (χ2v) is 5.61. The van der Waals surface area contributed by atoms with Crippen molar-refractivity contribution in [1.29, 1.82) is 0 Å². The maximum atomic E-state index is 6.27. The summed E-state index contributed by atoms with van der Waals surface area (Å²) in [5, 5.41) is 0.769. The maximum absolute atomic E-state index is 6.27. The molecule has 2 heterocycles. The Labute approximate surface area is 124 Å². The maximum Gasteiger partial charge on any atom is 0.129 e. The molecule has 2 N–H and O–H groups in total. The number of rotatable bonds is 2. The van der Waals surface area contributed by atoms with E-state index in [-0.39, 0.29) is 0 Å². The minimum absolute atomic E-state index is 0.331. The second kappa shape index (κ2) is 5.81. The number of piperidine rings is 1. The van der Waals surface area contributed by atoms with E-state index in [1.54, 1.807) is 0 Å². The molecule has 3 rings (SSSR count). The number of hydrogen-bond acceptors (Lipinski definition) is 3. The summed E-state index contributed by atoms with van der Waals surface area (Å²) >= 11 is 6.27. The van der Waals surface area contributed by atoms with E-state index in [1.165, 1.54) is 0 Å². The van der Waals surface area contributed by atoms with Crippen LogP contribution in [-0.2, 0) is 0 Å². The number of nitrogens with zero attached hydrogens (tertiary/aromatic N) is 2. The zero-order valence-electron chi connectivity index (χ0n) is 11.3. The van der Waals surface area contributed by atoms with Gasteiger partial charge in [0.15, 0.2) is 0 Å². The molecule has 20 heavy (non-hydrogen) atoms. The normalized spacial score (nSPS) is 16.4. The van der Waals surface area contributed by atoms with Crippen molar-refractivity contribution in [2.75, 3.05) is 18.0 Å². The Morgan fingerprint density at radius 1 is 1.15 bits per heavy atom. The molecule has 0 atom stereocenters. The molecule has 1 aliphatic heterocycles. The van der Waals surface area contributed by atoms with Gasteiger partial charge >= 0.3 is 0 Å². The van der Waals surface area contributed by atoms with Crippen molar-refractivity contribution in [3.63, 3.8) is 0 Å². The summed E-state index contributed by atoms with van der Waals surface area (Å²) in [5.41, 5.74) is 8.11. The van der Waals surface area contributed by atoms with Crippen LogP contribution in [0.4, 0.5) is 5.82 Å². The predicted molar refractivity (Wildman–Crippen MR) is 84.1 cm³/mol. The molecule has 0 spiro atoms. The van der Waals surface area contributed by atoms with E-state index in [0.29, 0.717) is 6.04 Å². The van der Waals surface area contributed by atoms with E-state index < -0.39 is 0 Å². The van der Waals surface area contributed by atoms with Crippen molar-refractivity contribution in [3.8, 4) is 11.1 Å². The van der Waals surface area contributed by atoms with Crippen LogP contribution in [0.2, 0.25) is 5.02 Å². The van der Waals surface area contributed by atoms with Gasteiger partial charge in [-0.1, -0.05) is 29.8 Å². The number of nitrogens with two attached hydrogens (primary N) is 1. The lowest BCUT2D eigenvalue weighted by molar-refractivity contribution is 0.499. The van der Waals surface area contributed by atoms with Gasteiger partial charge in [0.05, 0.1) is 0 Å². The molecule has 0 saturated carbocycles. The Bertz CT molecular complexity index is 592. The summed E-state index contributed by atoms with van der Waals surface area (Å²) in [6, 6.07) is 12.3. The lowest BCUT2D eigenvalue weighted by Crippen LogP contribution is -2.40. The van der Waals surface area contributed by atoms with Gasteiger partial charge in [-0.25, -0.2) is 4.98 Å². The first kappa shape index (κ1) is 13.4. The number of aromatic nitrogens is 1. The Morgan fingerprint density at radius 3 is 2.65 bits per heavy atom. The molecular weight excluding hydrogens is 270 g/mol. The van der Waals surface area contributed by atoms with Crippen LogP contribution in [0.3, 0.4) is 0 Å². The van der Waals surface area contributed by atoms with Crippen LogP contribution in [0.5, 0.6) is 0 Å². The quantitative estimate of drug-likeness (QED) is 0.921. The molecule has 104 valence electrons. The fourth-order valence-corrected chi connectivity index (χ4v) is 2.83. The van der Waals surface area contributed by atoms with Gasteiger partial charge in [0.25, 0.3) is 0 Å². The zero-order chi connectivity index (χ0) is 13.9. The minimum atomic E-state index is 0.331. The van der Waals surface area contributed by atoms with Gasteiger partial charge in [-0.05, 0) is 36.6 Å². The van der Waals surface area contributed by atoms with Crippen LogP contribution < -0.4 is 10.6 Å². The smallest absolute Gasteiger partial charge is 0.129 e. The molecule has 0 amide bonds. The van der Waals surface area contributed by atoms with E-state index in [4.69, 9.17) is 17.3 Å². The number of anilines is 1. The van der Waals surface area contributed by atoms with Gasteiger partial charge in [-0.15, -0.1) is 0 Å². The molecular formula is C16H18ClN3. The average molecular weight is 288 g/mol. The molecule has 1 aromatic heterocycles. The highest BCUT2D eigenvalue weighted by Crippen LogP contribution is 2.29. The lowest BCUT2D eigenvalue weighted by Gasteiger charge is -2.31. The highest BCUT2D eigenvalue weighted by Gasteiger charge is 2.17. The van der Waals surface area contributed by atoms with E-state index >= 15 is 0 Å². The summed E-state index contributed by atoms with van der Waals surface area (Å²) < 4.78 is 0. The first-order chi connectivity index (χ1) is 9.74. The number of hydrogen-bond donors (Lipinski definition) is 1. The molecule has 4 heteroatoms. The van der Waals surface area contributed by atoms with Crippen molar-refractivity contribution in [2.24, 2.45) is 5.73 Å². The van der Waals surface area contributed by atoms with Gasteiger partial charge in [-0.2, -0.15) is 0 Å². The largest absolute Gasteiger partial charge is 0.356 e. The Morgan fingerprint density at radius 2 is 1.90 bits per heavy atom. The topological polar surface area (TPSA) is 42.1 Å². The average Bonchev–Trinajstić information content (AvgIpc) is 2.49. The number of benzene rings is 1.